The average molecular weight is 260 g/mol. The monoisotopic (exact) mass is 260 g/mol. The van der Waals surface area contributed by atoms with E-state index in [-0.39, 0.29) is 5.82 Å². The van der Waals surface area contributed by atoms with Gasteiger partial charge >= 0.3 is 0 Å². The molecule has 5 nitrogen and oxygen atoms in total. The van der Waals surface area contributed by atoms with Gasteiger partial charge in [0.2, 0.25) is 11.8 Å². The van der Waals surface area contributed by atoms with Gasteiger partial charge in [0.1, 0.15) is 18.1 Å². The first kappa shape index (κ1) is 11.7. The first-order valence-corrected chi connectivity index (χ1v) is 6.02. The van der Waals surface area contributed by atoms with E-state index in [0.717, 1.165) is 17.7 Å². The number of hydrogen-bond donors (Lipinski definition) is 1. The van der Waals surface area contributed by atoms with E-state index in [1.54, 1.807) is 16.8 Å². The van der Waals surface area contributed by atoms with Crippen LogP contribution in [-0.2, 0) is 13.0 Å². The zero-order chi connectivity index (χ0) is 13.4. The Morgan fingerprint density at radius 2 is 2.26 bits per heavy atom. The summed E-state index contributed by atoms with van der Waals surface area (Å²) in [5, 5.41) is 0. The number of aromatic nitrogens is 3. The van der Waals surface area contributed by atoms with Crippen LogP contribution < -0.4 is 5.73 Å². The normalized spacial score (nSPS) is 11.3. The fourth-order valence-electron chi connectivity index (χ4n) is 2.01. The molecule has 0 bridgehead atoms. The third-order valence-electron chi connectivity index (χ3n) is 2.98. The molecule has 0 aliphatic heterocycles. The van der Waals surface area contributed by atoms with Crippen LogP contribution in [0.2, 0.25) is 0 Å². The maximum atomic E-state index is 13.1. The summed E-state index contributed by atoms with van der Waals surface area (Å²) in [6, 6.07) is 4.39. The highest BCUT2D eigenvalue weighted by atomic mass is 19.1. The van der Waals surface area contributed by atoms with E-state index in [4.69, 9.17) is 10.2 Å². The third-order valence-corrected chi connectivity index (χ3v) is 2.98. The van der Waals surface area contributed by atoms with Crippen LogP contribution in [0.3, 0.4) is 0 Å². The number of nitrogens with two attached hydrogens (primary N) is 1. The zero-order valence-electron chi connectivity index (χ0n) is 10.4. The first-order valence-electron chi connectivity index (χ1n) is 6.02. The summed E-state index contributed by atoms with van der Waals surface area (Å²) in [6.45, 7) is 2.38. The Labute approximate surface area is 108 Å². The molecule has 3 aromatic rings. The Morgan fingerprint density at radius 3 is 3.00 bits per heavy atom. The van der Waals surface area contributed by atoms with E-state index < -0.39 is 0 Å². The molecule has 0 saturated heterocycles. The van der Waals surface area contributed by atoms with Crippen molar-refractivity contribution in [3.63, 3.8) is 0 Å². The highest BCUT2D eigenvalue weighted by Gasteiger charge is 2.12. The number of rotatable bonds is 3. The fraction of sp³-hybridized carbons (Fsp3) is 0.231. The lowest BCUT2D eigenvalue weighted by molar-refractivity contribution is 0.449. The minimum absolute atomic E-state index is 0.317. The molecule has 0 aliphatic rings. The number of hydrogen-bond acceptors (Lipinski definition) is 4. The number of fused-ring (bicyclic) bond motifs is 1. The second kappa shape index (κ2) is 4.38. The van der Waals surface area contributed by atoms with Crippen molar-refractivity contribution >= 4 is 17.0 Å². The topological polar surface area (TPSA) is 69.9 Å². The maximum absolute atomic E-state index is 13.1. The van der Waals surface area contributed by atoms with Crippen molar-refractivity contribution in [2.45, 2.75) is 19.9 Å². The Morgan fingerprint density at radius 1 is 1.42 bits per heavy atom. The highest BCUT2D eigenvalue weighted by molar-refractivity contribution is 5.78. The molecule has 6 heteroatoms. The van der Waals surface area contributed by atoms with Gasteiger partial charge in [0.25, 0.3) is 0 Å². The molecule has 0 atom stereocenters. The average Bonchev–Trinajstić information content (AvgIpc) is 2.95. The SMILES string of the molecule is CCc1cnc(Cn2c(N)nc3cc(F)ccc32)o1. The van der Waals surface area contributed by atoms with E-state index in [1.165, 1.54) is 12.1 Å². The van der Waals surface area contributed by atoms with Gasteiger partial charge < -0.3 is 14.7 Å². The van der Waals surface area contributed by atoms with E-state index in [9.17, 15) is 4.39 Å². The van der Waals surface area contributed by atoms with Crippen LogP contribution in [0.25, 0.3) is 11.0 Å². The number of nitrogen functional groups attached to an aromatic ring is 1. The molecule has 2 N–H and O–H groups in total. The highest BCUT2D eigenvalue weighted by Crippen LogP contribution is 2.20. The zero-order valence-corrected chi connectivity index (χ0v) is 10.4. The second-order valence-electron chi connectivity index (χ2n) is 4.26. The van der Waals surface area contributed by atoms with Gasteiger partial charge in [-0.1, -0.05) is 6.92 Å². The van der Waals surface area contributed by atoms with Crippen molar-refractivity contribution in [1.82, 2.24) is 14.5 Å². The maximum Gasteiger partial charge on any atom is 0.214 e. The van der Waals surface area contributed by atoms with Crippen LogP contribution in [0.5, 0.6) is 0 Å². The van der Waals surface area contributed by atoms with Gasteiger partial charge in [-0.2, -0.15) is 0 Å². The van der Waals surface area contributed by atoms with Crippen molar-refractivity contribution < 1.29 is 8.81 Å². The summed E-state index contributed by atoms with van der Waals surface area (Å²) in [5.41, 5.74) is 7.14. The summed E-state index contributed by atoms with van der Waals surface area (Å²) in [4.78, 5) is 8.31. The lowest BCUT2D eigenvalue weighted by Crippen LogP contribution is -2.04. The lowest BCUT2D eigenvalue weighted by atomic mass is 10.3. The van der Waals surface area contributed by atoms with Gasteiger partial charge in [-0.15, -0.1) is 0 Å². The molecule has 98 valence electrons. The standard InChI is InChI=1S/C13H13FN4O/c1-2-9-6-16-12(19-9)7-18-11-4-3-8(14)5-10(11)17-13(18)15/h3-6H,2,7H2,1H3,(H2,15,17). The molecule has 0 spiro atoms. The molecule has 0 aliphatic carbocycles. The molecule has 0 radical (unpaired) electrons. The lowest BCUT2D eigenvalue weighted by Gasteiger charge is -2.02. The van der Waals surface area contributed by atoms with Crippen LogP contribution in [-0.4, -0.2) is 14.5 Å². The molecule has 0 amide bonds. The first-order chi connectivity index (χ1) is 9.17. The molecule has 0 saturated carbocycles. The predicted octanol–water partition coefficient (Wildman–Crippen LogP) is 2.36. The Kier molecular flexibility index (Phi) is 2.70. The Bertz CT molecular complexity index is 731. The summed E-state index contributed by atoms with van der Waals surface area (Å²) >= 11 is 0. The molecular formula is C13H13FN4O. The van der Waals surface area contributed by atoms with Gasteiger partial charge in [-0.25, -0.2) is 14.4 Å². The molecule has 2 aromatic heterocycles. The molecule has 0 unspecified atom stereocenters. The fourth-order valence-corrected chi connectivity index (χ4v) is 2.01. The van der Waals surface area contributed by atoms with E-state index >= 15 is 0 Å². The summed E-state index contributed by atoms with van der Waals surface area (Å²) < 4.78 is 20.4. The smallest absolute Gasteiger partial charge is 0.214 e. The molecule has 2 heterocycles. The van der Waals surface area contributed by atoms with Gasteiger partial charge in [-0.3, -0.25) is 0 Å². The molecule has 0 fully saturated rings. The number of oxazole rings is 1. The van der Waals surface area contributed by atoms with Crippen LogP contribution in [0.4, 0.5) is 10.3 Å². The van der Waals surface area contributed by atoms with Gasteiger partial charge in [-0.05, 0) is 12.1 Å². The number of anilines is 1. The number of aryl methyl sites for hydroxylation is 1. The minimum atomic E-state index is -0.332. The van der Waals surface area contributed by atoms with Crippen molar-refractivity contribution in [2.75, 3.05) is 5.73 Å². The van der Waals surface area contributed by atoms with Gasteiger partial charge in [0.15, 0.2) is 0 Å². The quantitative estimate of drug-likeness (QED) is 0.784. The van der Waals surface area contributed by atoms with Crippen LogP contribution >= 0.6 is 0 Å². The van der Waals surface area contributed by atoms with Crippen LogP contribution in [0.1, 0.15) is 18.6 Å². The minimum Gasteiger partial charge on any atom is -0.444 e. The van der Waals surface area contributed by atoms with Crippen LogP contribution in [0, 0.1) is 5.82 Å². The van der Waals surface area contributed by atoms with E-state index in [2.05, 4.69) is 9.97 Å². The van der Waals surface area contributed by atoms with Crippen molar-refractivity contribution in [2.24, 2.45) is 0 Å². The second-order valence-corrected chi connectivity index (χ2v) is 4.26. The van der Waals surface area contributed by atoms with Crippen molar-refractivity contribution in [3.05, 3.63) is 41.9 Å². The van der Waals surface area contributed by atoms with Crippen molar-refractivity contribution in [1.29, 1.82) is 0 Å². The predicted molar refractivity (Wildman–Crippen MR) is 69.1 cm³/mol. The Hall–Kier alpha value is -2.37. The number of halogens is 1. The summed E-state index contributed by atoms with van der Waals surface area (Å²) in [6.07, 6.45) is 2.49. The number of benzene rings is 1. The largest absolute Gasteiger partial charge is 0.444 e. The van der Waals surface area contributed by atoms with Crippen molar-refractivity contribution in [3.8, 4) is 0 Å². The Balaban J connectivity index is 2.02. The number of nitrogens with zero attached hydrogens (tertiary/aromatic N) is 3. The van der Waals surface area contributed by atoms with Gasteiger partial charge in [0.05, 0.1) is 17.2 Å². The van der Waals surface area contributed by atoms with E-state index in [1.807, 2.05) is 6.92 Å². The number of imidazole rings is 1. The van der Waals surface area contributed by atoms with E-state index in [0.29, 0.717) is 23.9 Å². The van der Waals surface area contributed by atoms with Gasteiger partial charge in [0, 0.05) is 12.5 Å². The molecule has 1 aromatic carbocycles. The molecule has 3 rings (SSSR count). The molecule has 19 heavy (non-hydrogen) atoms. The summed E-state index contributed by atoms with van der Waals surface area (Å²) in [5.74, 6) is 1.37. The molecular weight excluding hydrogens is 247 g/mol. The summed E-state index contributed by atoms with van der Waals surface area (Å²) in [7, 11) is 0. The van der Waals surface area contributed by atoms with Crippen LogP contribution in [0.15, 0.2) is 28.8 Å². The third kappa shape index (κ3) is 2.05.